The molecule has 0 aliphatic heterocycles. The Hall–Kier alpha value is -1.55. The van der Waals surface area contributed by atoms with E-state index in [0.717, 1.165) is 6.92 Å². The van der Waals surface area contributed by atoms with Crippen LogP contribution in [0.15, 0.2) is 0 Å². The third kappa shape index (κ3) is 5.61. The molecule has 0 aromatic carbocycles. The van der Waals surface area contributed by atoms with Gasteiger partial charge < -0.3 is 35.9 Å². The largest absolute Gasteiger partial charge is 0.394 e. The highest BCUT2D eigenvalue weighted by Crippen LogP contribution is 2.04. The van der Waals surface area contributed by atoms with E-state index in [4.69, 9.17) is 5.11 Å². The maximum absolute atomic E-state index is 11.8. The molecule has 0 heterocycles. The predicted octanol–water partition coefficient (Wildman–Crippen LogP) is -3.73. The van der Waals surface area contributed by atoms with Gasteiger partial charge in [-0.1, -0.05) is 0 Å². The summed E-state index contributed by atoms with van der Waals surface area (Å²) in [6, 6.07) is -2.77. The maximum Gasteiger partial charge on any atom is 0.245 e. The number of rotatable bonds is 8. The summed E-state index contributed by atoms with van der Waals surface area (Å²) in [4.78, 5) is 33.2. The molecule has 0 aromatic heterocycles. The van der Waals surface area contributed by atoms with E-state index in [1.54, 1.807) is 0 Å². The van der Waals surface area contributed by atoms with Crippen molar-refractivity contribution in [3.8, 4) is 0 Å². The summed E-state index contributed by atoms with van der Waals surface area (Å²) in [5.41, 5.74) is 0. The zero-order valence-electron chi connectivity index (χ0n) is 11.2. The van der Waals surface area contributed by atoms with E-state index in [0.29, 0.717) is 0 Å². The van der Waals surface area contributed by atoms with Crippen molar-refractivity contribution in [3.63, 3.8) is 0 Å². The van der Waals surface area contributed by atoms with Gasteiger partial charge in [0.1, 0.15) is 18.2 Å². The van der Waals surface area contributed by atoms with Crippen LogP contribution in [-0.4, -0.2) is 75.5 Å². The maximum atomic E-state index is 11.8. The third-order valence-electron chi connectivity index (χ3n) is 2.56. The molecule has 6 N–H and O–H groups in total. The van der Waals surface area contributed by atoms with E-state index >= 15 is 0 Å². The molecule has 0 aromatic rings. The number of amides is 2. The van der Waals surface area contributed by atoms with Crippen LogP contribution in [0.1, 0.15) is 13.8 Å². The number of carbonyl (C=O) groups excluding carboxylic acids is 3. The van der Waals surface area contributed by atoms with E-state index < -0.39 is 48.8 Å². The molecule has 0 rings (SSSR count). The average Bonchev–Trinajstić information content (AvgIpc) is 2.39. The molecule has 9 nitrogen and oxygen atoms in total. The molecule has 2 amide bonds. The Labute approximate surface area is 115 Å². The molecule has 0 spiro atoms. The van der Waals surface area contributed by atoms with Gasteiger partial charge in [-0.15, -0.1) is 0 Å². The van der Waals surface area contributed by atoms with Crippen LogP contribution in [0.4, 0.5) is 0 Å². The summed E-state index contributed by atoms with van der Waals surface area (Å²) in [6.45, 7) is 1.64. The zero-order chi connectivity index (χ0) is 15.9. The lowest BCUT2D eigenvalue weighted by molar-refractivity contribution is -0.133. The van der Waals surface area contributed by atoms with Gasteiger partial charge in [-0.2, -0.15) is 0 Å². The Morgan fingerprint density at radius 3 is 2.10 bits per heavy atom. The number of nitrogens with one attached hydrogen (secondary N) is 2. The number of hydrogen-bond acceptors (Lipinski definition) is 7. The van der Waals surface area contributed by atoms with E-state index in [9.17, 15) is 29.7 Å². The van der Waals surface area contributed by atoms with E-state index in [1.807, 2.05) is 0 Å². The molecule has 0 saturated heterocycles. The molecule has 0 bridgehead atoms. The van der Waals surface area contributed by atoms with Crippen molar-refractivity contribution in [2.45, 2.75) is 44.2 Å². The molecule has 0 aliphatic carbocycles. The number of carbonyl (C=O) groups is 3. The Bertz CT molecular complexity index is 348. The first kappa shape index (κ1) is 18.4. The summed E-state index contributed by atoms with van der Waals surface area (Å²) >= 11 is 0. The highest BCUT2D eigenvalue weighted by Gasteiger charge is 2.33. The molecule has 0 aliphatic rings. The lowest BCUT2D eigenvalue weighted by atomic mass is 10.0. The summed E-state index contributed by atoms with van der Waals surface area (Å²) < 4.78 is 0. The quantitative estimate of drug-likeness (QED) is 0.251. The van der Waals surface area contributed by atoms with Gasteiger partial charge in [0.15, 0.2) is 6.29 Å². The fraction of sp³-hybridized carbons (Fsp3) is 0.727. The predicted molar refractivity (Wildman–Crippen MR) is 66.4 cm³/mol. The van der Waals surface area contributed by atoms with E-state index in [1.165, 1.54) is 6.92 Å². The fourth-order valence-electron chi connectivity index (χ4n) is 1.46. The van der Waals surface area contributed by atoms with Crippen LogP contribution < -0.4 is 10.6 Å². The van der Waals surface area contributed by atoms with Crippen LogP contribution in [0.5, 0.6) is 0 Å². The van der Waals surface area contributed by atoms with Gasteiger partial charge >= 0.3 is 0 Å². The second kappa shape index (κ2) is 8.59. The third-order valence-corrected chi connectivity index (χ3v) is 2.56. The van der Waals surface area contributed by atoms with Crippen molar-refractivity contribution in [3.05, 3.63) is 0 Å². The summed E-state index contributed by atoms with van der Waals surface area (Å²) in [7, 11) is 0. The SMILES string of the molecule is CC(=O)N[C@@H](CO)C(=O)N[C@@H]([C@H](O)[C@@H](C)O)[C@@H](O)C=O. The Morgan fingerprint density at radius 2 is 1.75 bits per heavy atom. The first-order chi connectivity index (χ1) is 9.24. The highest BCUT2D eigenvalue weighted by molar-refractivity contribution is 5.87. The number of aliphatic hydroxyl groups is 4. The van der Waals surface area contributed by atoms with E-state index in [-0.39, 0.29) is 6.29 Å². The number of aliphatic hydroxyl groups excluding tert-OH is 4. The van der Waals surface area contributed by atoms with Gasteiger partial charge in [0.2, 0.25) is 11.8 Å². The first-order valence-electron chi connectivity index (χ1n) is 5.92. The van der Waals surface area contributed by atoms with Gasteiger partial charge in [0.25, 0.3) is 0 Å². The van der Waals surface area contributed by atoms with Crippen molar-refractivity contribution in [1.29, 1.82) is 0 Å². The minimum atomic E-state index is -1.75. The molecule has 5 atom stereocenters. The van der Waals surface area contributed by atoms with Gasteiger partial charge in [0.05, 0.1) is 18.8 Å². The minimum Gasteiger partial charge on any atom is -0.394 e. The monoisotopic (exact) mass is 292 g/mol. The molecular weight excluding hydrogens is 272 g/mol. The molecule has 116 valence electrons. The van der Waals surface area contributed by atoms with Crippen molar-refractivity contribution < 1.29 is 34.8 Å². The summed E-state index contributed by atoms with van der Waals surface area (Å²) in [5, 5.41) is 41.5. The van der Waals surface area contributed by atoms with Crippen molar-refractivity contribution in [2.75, 3.05) is 6.61 Å². The Morgan fingerprint density at radius 1 is 1.20 bits per heavy atom. The Balaban J connectivity index is 4.91. The van der Waals surface area contributed by atoms with Crippen LogP contribution in [0.2, 0.25) is 0 Å². The van der Waals surface area contributed by atoms with E-state index in [2.05, 4.69) is 10.6 Å². The van der Waals surface area contributed by atoms with Crippen molar-refractivity contribution in [2.24, 2.45) is 0 Å². The number of aldehydes is 1. The average molecular weight is 292 g/mol. The normalized spacial score (nSPS) is 18.3. The standard InChI is InChI=1S/C11H20N2O7/c1-5(16)10(19)9(8(18)4-15)13-11(20)7(3-14)12-6(2)17/h4-5,7-10,14,16,18-19H,3H2,1-2H3,(H,12,17)(H,13,20)/t5-,7+,8+,9-,10-/m1/s1. The smallest absolute Gasteiger partial charge is 0.245 e. The van der Waals surface area contributed by atoms with Crippen molar-refractivity contribution in [1.82, 2.24) is 10.6 Å². The number of hydrogen-bond donors (Lipinski definition) is 6. The molecule has 9 heteroatoms. The minimum absolute atomic E-state index is 0.0862. The molecule has 0 saturated carbocycles. The molecule has 20 heavy (non-hydrogen) atoms. The van der Waals surface area contributed by atoms with Gasteiger partial charge in [0, 0.05) is 6.92 Å². The van der Waals surface area contributed by atoms with Gasteiger partial charge in [-0.3, -0.25) is 9.59 Å². The topological polar surface area (TPSA) is 156 Å². The second-order valence-electron chi connectivity index (χ2n) is 4.33. The summed E-state index contributed by atoms with van der Waals surface area (Å²) in [6.07, 6.45) is -4.58. The van der Waals surface area contributed by atoms with Crippen LogP contribution in [0, 0.1) is 0 Å². The molecule has 0 radical (unpaired) electrons. The highest BCUT2D eigenvalue weighted by atomic mass is 16.3. The van der Waals surface area contributed by atoms with Crippen LogP contribution in [0.3, 0.4) is 0 Å². The Kier molecular flexibility index (Phi) is 7.92. The second-order valence-corrected chi connectivity index (χ2v) is 4.33. The van der Waals surface area contributed by atoms with Gasteiger partial charge in [-0.05, 0) is 6.92 Å². The van der Waals surface area contributed by atoms with Crippen LogP contribution in [-0.2, 0) is 14.4 Å². The zero-order valence-corrected chi connectivity index (χ0v) is 11.2. The lowest BCUT2D eigenvalue weighted by Crippen LogP contribution is -2.59. The van der Waals surface area contributed by atoms with Crippen LogP contribution >= 0.6 is 0 Å². The van der Waals surface area contributed by atoms with Crippen molar-refractivity contribution >= 4 is 18.1 Å². The molecular formula is C11H20N2O7. The van der Waals surface area contributed by atoms with Gasteiger partial charge in [-0.25, -0.2) is 0 Å². The molecule has 0 unspecified atom stereocenters. The lowest BCUT2D eigenvalue weighted by Gasteiger charge is -2.29. The summed E-state index contributed by atoms with van der Waals surface area (Å²) in [5.74, 6) is -1.48. The molecule has 0 fully saturated rings. The first-order valence-corrected chi connectivity index (χ1v) is 5.92. The fourth-order valence-corrected chi connectivity index (χ4v) is 1.46. The van der Waals surface area contributed by atoms with Crippen LogP contribution in [0.25, 0.3) is 0 Å².